The number of nitrogen functional groups attached to an aromatic ring is 1. The highest BCUT2D eigenvalue weighted by molar-refractivity contribution is 7.21. The Kier molecular flexibility index (Phi) is 4.28. The molecule has 0 fully saturated rings. The van der Waals surface area contributed by atoms with Gasteiger partial charge in [-0.15, -0.1) is 11.3 Å². The van der Waals surface area contributed by atoms with E-state index in [0.717, 1.165) is 51.0 Å². The molecule has 3 heterocycles. The Hall–Kier alpha value is -3.25. The summed E-state index contributed by atoms with van der Waals surface area (Å²) >= 11 is 1.30. The van der Waals surface area contributed by atoms with Gasteiger partial charge in [-0.1, -0.05) is 30.3 Å². The summed E-state index contributed by atoms with van der Waals surface area (Å²) in [6.07, 6.45) is 5.41. The van der Waals surface area contributed by atoms with E-state index in [0.29, 0.717) is 17.2 Å². The maximum Gasteiger partial charge on any atom is 0.350 e. The second-order valence-electron chi connectivity index (χ2n) is 6.96. The van der Waals surface area contributed by atoms with Gasteiger partial charge in [0.15, 0.2) is 0 Å². The lowest BCUT2D eigenvalue weighted by Gasteiger charge is -2.22. The number of hydrogen-bond acceptors (Lipinski definition) is 6. The Balaban J connectivity index is 1.87. The van der Waals surface area contributed by atoms with E-state index >= 15 is 0 Å². The molecule has 0 aliphatic heterocycles. The lowest BCUT2D eigenvalue weighted by molar-refractivity contribution is 0.0533. The van der Waals surface area contributed by atoms with Crippen molar-refractivity contribution in [1.29, 1.82) is 0 Å². The fraction of sp³-hybridized carbons (Fsp3) is 0.174. The highest BCUT2D eigenvalue weighted by Crippen LogP contribution is 2.46. The molecule has 0 atom stereocenters. The second-order valence-corrected chi connectivity index (χ2v) is 7.96. The summed E-state index contributed by atoms with van der Waals surface area (Å²) in [6, 6.07) is 12.3. The van der Waals surface area contributed by atoms with E-state index in [4.69, 9.17) is 15.5 Å². The minimum Gasteiger partial charge on any atom is -0.462 e. The monoisotopic (exact) mass is 401 g/mol. The van der Waals surface area contributed by atoms with Crippen molar-refractivity contribution in [3.63, 3.8) is 0 Å². The largest absolute Gasteiger partial charge is 0.462 e. The van der Waals surface area contributed by atoms with E-state index < -0.39 is 5.97 Å². The first-order valence-electron chi connectivity index (χ1n) is 9.59. The molecule has 0 amide bonds. The number of benzene rings is 1. The van der Waals surface area contributed by atoms with E-state index in [1.165, 1.54) is 16.9 Å². The summed E-state index contributed by atoms with van der Waals surface area (Å²) in [6.45, 7) is 2.09. The minimum atomic E-state index is -0.400. The molecule has 1 aliphatic rings. The van der Waals surface area contributed by atoms with Gasteiger partial charge in [0, 0.05) is 34.5 Å². The number of aromatic nitrogens is 2. The van der Waals surface area contributed by atoms with Crippen LogP contribution in [0.15, 0.2) is 48.8 Å². The highest BCUT2D eigenvalue weighted by Gasteiger charge is 2.28. The lowest BCUT2D eigenvalue weighted by Crippen LogP contribution is -2.08. The lowest BCUT2D eigenvalue weighted by atomic mass is 9.84. The topological polar surface area (TPSA) is 78.1 Å². The number of anilines is 1. The predicted octanol–water partition coefficient (Wildman–Crippen LogP) is 4.88. The van der Waals surface area contributed by atoms with Gasteiger partial charge in [-0.2, -0.15) is 0 Å². The number of fused-ring (bicyclic) bond motifs is 4. The molecule has 0 bridgehead atoms. The number of pyridine rings is 2. The first-order valence-corrected chi connectivity index (χ1v) is 10.4. The number of ether oxygens (including phenoxy) is 1. The molecular formula is C23H19N3O2S. The van der Waals surface area contributed by atoms with Gasteiger partial charge in [0.1, 0.15) is 9.71 Å². The Morgan fingerprint density at radius 2 is 2.07 bits per heavy atom. The van der Waals surface area contributed by atoms with Crippen LogP contribution in [0.1, 0.15) is 27.7 Å². The summed E-state index contributed by atoms with van der Waals surface area (Å²) in [7, 11) is 0. The van der Waals surface area contributed by atoms with Crippen molar-refractivity contribution >= 4 is 33.2 Å². The maximum absolute atomic E-state index is 12.5. The first kappa shape index (κ1) is 17.8. The first-order chi connectivity index (χ1) is 14.2. The molecule has 2 N–H and O–H groups in total. The smallest absolute Gasteiger partial charge is 0.350 e. The van der Waals surface area contributed by atoms with Gasteiger partial charge in [-0.3, -0.25) is 4.98 Å². The minimum absolute atomic E-state index is 0.305. The van der Waals surface area contributed by atoms with Crippen LogP contribution in [0, 0.1) is 0 Å². The zero-order chi connectivity index (χ0) is 20.0. The number of hydrogen-bond donors (Lipinski definition) is 1. The number of esters is 1. The fourth-order valence-corrected chi connectivity index (χ4v) is 5.06. The average molecular weight is 401 g/mol. The van der Waals surface area contributed by atoms with Gasteiger partial charge >= 0.3 is 5.97 Å². The summed E-state index contributed by atoms with van der Waals surface area (Å²) in [4.78, 5) is 22.9. The maximum atomic E-state index is 12.5. The zero-order valence-corrected chi connectivity index (χ0v) is 16.8. The van der Waals surface area contributed by atoms with Crippen LogP contribution < -0.4 is 5.73 Å². The van der Waals surface area contributed by atoms with Crippen LogP contribution in [0.2, 0.25) is 0 Å². The molecule has 1 aromatic carbocycles. The molecule has 144 valence electrons. The van der Waals surface area contributed by atoms with Crippen molar-refractivity contribution in [2.45, 2.75) is 19.8 Å². The zero-order valence-electron chi connectivity index (χ0n) is 15.9. The van der Waals surface area contributed by atoms with Gasteiger partial charge in [-0.05, 0) is 37.0 Å². The van der Waals surface area contributed by atoms with Crippen LogP contribution in [0.4, 0.5) is 5.69 Å². The van der Waals surface area contributed by atoms with E-state index in [9.17, 15) is 4.79 Å². The molecule has 29 heavy (non-hydrogen) atoms. The highest BCUT2D eigenvalue weighted by atomic mass is 32.1. The standard InChI is InChI=1S/C23H19N3O2S/c1-2-28-23(27)21-19(24)18-17(14-7-5-11-25-12-14)16-10-9-13-6-3-4-8-15(13)20(16)26-22(18)29-21/h3-8,11-12H,2,9-10,24H2,1H3. The quantitative estimate of drug-likeness (QED) is 0.495. The third kappa shape index (κ3) is 2.79. The summed E-state index contributed by atoms with van der Waals surface area (Å²) in [5, 5.41) is 0.823. The van der Waals surface area contributed by atoms with Crippen LogP contribution >= 0.6 is 11.3 Å². The Morgan fingerprint density at radius 1 is 1.21 bits per heavy atom. The normalized spacial score (nSPS) is 12.4. The molecule has 0 saturated heterocycles. The molecule has 3 aromatic heterocycles. The van der Waals surface area contributed by atoms with Gasteiger partial charge in [0.05, 0.1) is 18.0 Å². The van der Waals surface area contributed by atoms with Gasteiger partial charge in [-0.25, -0.2) is 9.78 Å². The number of nitrogens with two attached hydrogens (primary N) is 1. The Bertz CT molecular complexity index is 1250. The van der Waals surface area contributed by atoms with Crippen molar-refractivity contribution in [2.24, 2.45) is 0 Å². The molecule has 1 aliphatic carbocycles. The van der Waals surface area contributed by atoms with Crippen LogP contribution in [0.3, 0.4) is 0 Å². The van der Waals surface area contributed by atoms with Crippen molar-refractivity contribution in [3.05, 3.63) is 64.8 Å². The number of nitrogens with zero attached hydrogens (tertiary/aromatic N) is 2. The third-order valence-corrected chi connectivity index (χ3v) is 6.38. The van der Waals surface area contributed by atoms with Crippen molar-refractivity contribution in [3.8, 4) is 22.4 Å². The molecule has 0 spiro atoms. The predicted molar refractivity (Wildman–Crippen MR) is 116 cm³/mol. The fourth-order valence-electron chi connectivity index (χ4n) is 4.06. The van der Waals surface area contributed by atoms with Crippen LogP contribution in [-0.4, -0.2) is 22.5 Å². The number of carbonyl (C=O) groups excluding carboxylic acids is 1. The van der Waals surface area contributed by atoms with Crippen LogP contribution in [0.25, 0.3) is 32.6 Å². The van der Waals surface area contributed by atoms with Gasteiger partial charge < -0.3 is 10.5 Å². The van der Waals surface area contributed by atoms with Crippen LogP contribution in [0.5, 0.6) is 0 Å². The molecule has 0 unspecified atom stereocenters. The summed E-state index contributed by atoms with van der Waals surface area (Å²) in [5.74, 6) is -0.400. The summed E-state index contributed by atoms with van der Waals surface area (Å²) in [5.41, 5.74) is 13.5. The molecule has 6 heteroatoms. The number of aryl methyl sites for hydroxylation is 1. The second kappa shape index (κ2) is 6.97. The van der Waals surface area contributed by atoms with E-state index in [1.807, 2.05) is 24.4 Å². The average Bonchev–Trinajstić information content (AvgIpc) is 3.09. The molecular weight excluding hydrogens is 382 g/mol. The summed E-state index contributed by atoms with van der Waals surface area (Å²) < 4.78 is 5.22. The van der Waals surface area contributed by atoms with Gasteiger partial charge in [0.25, 0.3) is 0 Å². The van der Waals surface area contributed by atoms with Crippen molar-refractivity contribution in [1.82, 2.24) is 9.97 Å². The number of carbonyl (C=O) groups is 1. The molecule has 4 aromatic rings. The van der Waals surface area contributed by atoms with Gasteiger partial charge in [0.2, 0.25) is 0 Å². The molecule has 5 nitrogen and oxygen atoms in total. The molecule has 0 radical (unpaired) electrons. The molecule has 0 saturated carbocycles. The number of rotatable bonds is 3. The van der Waals surface area contributed by atoms with E-state index in [-0.39, 0.29) is 0 Å². The molecule has 5 rings (SSSR count). The van der Waals surface area contributed by atoms with Crippen molar-refractivity contribution < 1.29 is 9.53 Å². The van der Waals surface area contributed by atoms with Crippen LogP contribution in [-0.2, 0) is 17.6 Å². The Labute approximate surface area is 172 Å². The van der Waals surface area contributed by atoms with Crippen molar-refractivity contribution in [2.75, 3.05) is 12.3 Å². The van der Waals surface area contributed by atoms with E-state index in [1.54, 1.807) is 13.1 Å². The Morgan fingerprint density at radius 3 is 2.86 bits per heavy atom. The third-order valence-electron chi connectivity index (χ3n) is 5.31. The number of thiophene rings is 1. The van der Waals surface area contributed by atoms with E-state index in [2.05, 4.69) is 23.2 Å². The SMILES string of the molecule is CCOC(=O)c1sc2nc3c(c(-c4cccnc4)c2c1N)CCc1ccccc1-3.